The number of hydrogen-bond donors (Lipinski definition) is 2. The molecule has 22 heavy (non-hydrogen) atoms. The zero-order chi connectivity index (χ0) is 16.0. The highest BCUT2D eigenvalue weighted by atomic mass is 16.5. The number of nitrogens with zero attached hydrogens (tertiary/aromatic N) is 2. The standard InChI is InChI=1S/C17H30N4O/c1-4-18-17(20-13-14-21(3)5-2)19-12-9-15-22-16-10-7-6-8-11-16/h6-8,10-11H,4-5,9,12-15H2,1-3H3,(H2,18,19,20). The van der Waals surface area contributed by atoms with Gasteiger partial charge in [-0.1, -0.05) is 25.1 Å². The van der Waals surface area contributed by atoms with Crippen LogP contribution in [-0.4, -0.2) is 57.2 Å². The maximum absolute atomic E-state index is 5.66. The molecule has 1 aromatic carbocycles. The summed E-state index contributed by atoms with van der Waals surface area (Å²) in [5.74, 6) is 1.80. The molecule has 5 nitrogen and oxygen atoms in total. The Balaban J connectivity index is 2.21. The molecule has 0 amide bonds. The summed E-state index contributed by atoms with van der Waals surface area (Å²) in [7, 11) is 2.12. The van der Waals surface area contributed by atoms with Crippen LogP contribution in [0.2, 0.25) is 0 Å². The highest BCUT2D eigenvalue weighted by Gasteiger charge is 1.98. The van der Waals surface area contributed by atoms with Crippen molar-refractivity contribution < 1.29 is 4.74 Å². The number of benzene rings is 1. The van der Waals surface area contributed by atoms with Gasteiger partial charge in [0.25, 0.3) is 0 Å². The fourth-order valence-corrected chi connectivity index (χ4v) is 1.83. The number of rotatable bonds is 10. The van der Waals surface area contributed by atoms with E-state index in [-0.39, 0.29) is 0 Å². The molecule has 0 aromatic heterocycles. The summed E-state index contributed by atoms with van der Waals surface area (Å²) < 4.78 is 5.66. The van der Waals surface area contributed by atoms with E-state index in [1.165, 1.54) is 0 Å². The summed E-state index contributed by atoms with van der Waals surface area (Å²) in [6.07, 6.45) is 0.903. The quantitative estimate of drug-likeness (QED) is 0.394. The molecular weight excluding hydrogens is 276 g/mol. The molecule has 0 spiro atoms. The zero-order valence-corrected chi connectivity index (χ0v) is 14.1. The second-order valence-electron chi connectivity index (χ2n) is 5.10. The molecule has 0 saturated heterocycles. The minimum absolute atomic E-state index is 0.686. The third-order valence-electron chi connectivity index (χ3n) is 3.25. The number of ether oxygens (including phenoxy) is 1. The molecular formula is C17H30N4O. The third kappa shape index (κ3) is 8.52. The van der Waals surface area contributed by atoms with Crippen molar-refractivity contribution in [3.05, 3.63) is 30.3 Å². The van der Waals surface area contributed by atoms with Gasteiger partial charge in [0.15, 0.2) is 5.96 Å². The van der Waals surface area contributed by atoms with E-state index >= 15 is 0 Å². The Morgan fingerprint density at radius 3 is 2.64 bits per heavy atom. The Hall–Kier alpha value is -1.75. The Kier molecular flexibility index (Phi) is 9.87. The number of likely N-dealkylation sites (N-methyl/N-ethyl adjacent to an activating group) is 1. The average Bonchev–Trinajstić information content (AvgIpc) is 2.55. The van der Waals surface area contributed by atoms with Crippen LogP contribution in [-0.2, 0) is 0 Å². The minimum atomic E-state index is 0.686. The molecule has 0 unspecified atom stereocenters. The molecule has 0 aliphatic heterocycles. The first-order valence-corrected chi connectivity index (χ1v) is 8.14. The molecule has 0 saturated carbocycles. The van der Waals surface area contributed by atoms with E-state index in [0.29, 0.717) is 6.61 Å². The molecule has 0 aliphatic carbocycles. The second kappa shape index (κ2) is 11.9. The molecule has 0 radical (unpaired) electrons. The molecule has 0 atom stereocenters. The van der Waals surface area contributed by atoms with Crippen LogP contribution in [0.25, 0.3) is 0 Å². The van der Waals surface area contributed by atoms with Crippen LogP contribution in [0.15, 0.2) is 35.3 Å². The monoisotopic (exact) mass is 306 g/mol. The van der Waals surface area contributed by atoms with Crippen LogP contribution in [0.4, 0.5) is 0 Å². The van der Waals surface area contributed by atoms with Gasteiger partial charge in [0.05, 0.1) is 6.61 Å². The summed E-state index contributed by atoms with van der Waals surface area (Å²) in [6, 6.07) is 9.89. The first kappa shape index (κ1) is 18.3. The number of nitrogens with one attached hydrogen (secondary N) is 2. The Morgan fingerprint density at radius 2 is 1.95 bits per heavy atom. The van der Waals surface area contributed by atoms with Crippen LogP contribution in [0.1, 0.15) is 20.3 Å². The van der Waals surface area contributed by atoms with E-state index in [1.807, 2.05) is 30.3 Å². The lowest BCUT2D eigenvalue weighted by Gasteiger charge is -2.16. The summed E-state index contributed by atoms with van der Waals surface area (Å²) in [6.45, 7) is 9.52. The Morgan fingerprint density at radius 1 is 1.18 bits per heavy atom. The smallest absolute Gasteiger partial charge is 0.191 e. The lowest BCUT2D eigenvalue weighted by atomic mass is 10.3. The maximum Gasteiger partial charge on any atom is 0.191 e. The molecule has 124 valence electrons. The van der Waals surface area contributed by atoms with Gasteiger partial charge in [-0.3, -0.25) is 4.99 Å². The average molecular weight is 306 g/mol. The van der Waals surface area contributed by atoms with Crippen molar-refractivity contribution >= 4 is 5.96 Å². The van der Waals surface area contributed by atoms with Crippen molar-refractivity contribution in [2.45, 2.75) is 20.3 Å². The molecule has 5 heteroatoms. The van der Waals surface area contributed by atoms with Crippen molar-refractivity contribution in [2.75, 3.05) is 46.4 Å². The van der Waals surface area contributed by atoms with Gasteiger partial charge >= 0.3 is 0 Å². The van der Waals surface area contributed by atoms with Crippen molar-refractivity contribution in [1.82, 2.24) is 15.5 Å². The van der Waals surface area contributed by atoms with Gasteiger partial charge < -0.3 is 20.3 Å². The van der Waals surface area contributed by atoms with Crippen molar-refractivity contribution in [3.8, 4) is 5.75 Å². The summed E-state index contributed by atoms with van der Waals surface area (Å²) in [5, 5.41) is 6.61. The van der Waals surface area contributed by atoms with Gasteiger partial charge in [-0.15, -0.1) is 0 Å². The van der Waals surface area contributed by atoms with Crippen LogP contribution in [0, 0.1) is 0 Å². The third-order valence-corrected chi connectivity index (χ3v) is 3.25. The van der Waals surface area contributed by atoms with Crippen LogP contribution >= 0.6 is 0 Å². The fourth-order valence-electron chi connectivity index (χ4n) is 1.83. The number of aliphatic imine (C=N–C) groups is 1. The number of para-hydroxylation sites is 1. The number of hydrogen-bond acceptors (Lipinski definition) is 3. The van der Waals surface area contributed by atoms with Gasteiger partial charge in [-0.2, -0.15) is 0 Å². The number of guanidine groups is 1. The minimum Gasteiger partial charge on any atom is -0.494 e. The topological polar surface area (TPSA) is 48.9 Å². The predicted octanol–water partition coefficient (Wildman–Crippen LogP) is 1.96. The van der Waals surface area contributed by atoms with Crippen molar-refractivity contribution in [3.63, 3.8) is 0 Å². The van der Waals surface area contributed by atoms with Crippen LogP contribution < -0.4 is 15.4 Å². The molecule has 0 aliphatic rings. The fraction of sp³-hybridized carbons (Fsp3) is 0.588. The predicted molar refractivity (Wildman–Crippen MR) is 93.7 cm³/mol. The largest absolute Gasteiger partial charge is 0.494 e. The van der Waals surface area contributed by atoms with Crippen LogP contribution in [0.3, 0.4) is 0 Å². The van der Waals surface area contributed by atoms with Gasteiger partial charge in [0.2, 0.25) is 0 Å². The highest BCUT2D eigenvalue weighted by molar-refractivity contribution is 5.79. The maximum atomic E-state index is 5.66. The van der Waals surface area contributed by atoms with E-state index < -0.39 is 0 Å². The van der Waals surface area contributed by atoms with Gasteiger partial charge in [0.1, 0.15) is 5.75 Å². The lowest BCUT2D eigenvalue weighted by Crippen LogP contribution is -2.41. The molecule has 1 aromatic rings. The highest BCUT2D eigenvalue weighted by Crippen LogP contribution is 2.08. The second-order valence-corrected chi connectivity index (χ2v) is 5.10. The zero-order valence-electron chi connectivity index (χ0n) is 14.1. The van der Waals surface area contributed by atoms with Crippen molar-refractivity contribution in [2.24, 2.45) is 4.99 Å². The molecule has 1 rings (SSSR count). The van der Waals surface area contributed by atoms with Crippen molar-refractivity contribution in [1.29, 1.82) is 0 Å². The molecule has 0 heterocycles. The Labute approximate surface area is 134 Å². The lowest BCUT2D eigenvalue weighted by molar-refractivity contribution is 0.313. The Bertz CT molecular complexity index is 408. The SMILES string of the molecule is CCNC(=NCCCOc1ccccc1)NCCN(C)CC. The molecule has 2 N–H and O–H groups in total. The van der Waals surface area contributed by atoms with Gasteiger partial charge in [-0.05, 0) is 32.6 Å². The van der Waals surface area contributed by atoms with Gasteiger partial charge in [-0.25, -0.2) is 0 Å². The van der Waals surface area contributed by atoms with Gasteiger partial charge in [0, 0.05) is 32.6 Å². The first-order chi connectivity index (χ1) is 10.8. The summed E-state index contributed by atoms with van der Waals surface area (Å²) in [4.78, 5) is 6.83. The molecule has 0 fully saturated rings. The summed E-state index contributed by atoms with van der Waals surface area (Å²) >= 11 is 0. The van der Waals surface area contributed by atoms with E-state index in [2.05, 4.69) is 41.4 Å². The first-order valence-electron chi connectivity index (χ1n) is 8.14. The normalized spacial score (nSPS) is 11.5. The van der Waals surface area contributed by atoms with Crippen LogP contribution in [0.5, 0.6) is 5.75 Å². The molecule has 0 bridgehead atoms. The van der Waals surface area contributed by atoms with E-state index in [4.69, 9.17) is 4.74 Å². The van der Waals surface area contributed by atoms with E-state index in [9.17, 15) is 0 Å². The van der Waals surface area contributed by atoms with E-state index in [1.54, 1.807) is 0 Å². The van der Waals surface area contributed by atoms with E-state index in [0.717, 1.165) is 50.9 Å². The summed E-state index contributed by atoms with van der Waals surface area (Å²) in [5.41, 5.74) is 0.